The van der Waals surface area contributed by atoms with Crippen molar-refractivity contribution in [3.8, 4) is 5.88 Å². The maximum atomic E-state index is 8.81. The van der Waals surface area contributed by atoms with Crippen molar-refractivity contribution in [1.82, 2.24) is 9.97 Å². The second-order valence-corrected chi connectivity index (χ2v) is 7.70. The number of rotatable bonds is 4. The summed E-state index contributed by atoms with van der Waals surface area (Å²) >= 11 is 7.90. The average Bonchev–Trinajstić information content (AvgIpc) is 2.45. The summed E-state index contributed by atoms with van der Waals surface area (Å²) in [5.74, 6) is 2.40. The van der Waals surface area contributed by atoms with Gasteiger partial charge in [-0.2, -0.15) is 11.8 Å². The van der Waals surface area contributed by atoms with Gasteiger partial charge in [-0.3, -0.25) is 0 Å². The Morgan fingerprint density at radius 1 is 1.35 bits per heavy atom. The normalized spacial score (nSPS) is 16.5. The molecule has 3 rings (SSSR count). The molecule has 0 spiro atoms. The molecule has 0 aromatic carbocycles. The number of aromatic nitrogens is 2. The maximum Gasteiger partial charge on any atom is 0.223 e. The van der Waals surface area contributed by atoms with Crippen LogP contribution in [0.5, 0.6) is 5.88 Å². The molecule has 8 heteroatoms. The van der Waals surface area contributed by atoms with E-state index in [1.54, 1.807) is 18.5 Å². The Kier molecular flexibility index (Phi) is 4.04. The van der Waals surface area contributed by atoms with E-state index in [2.05, 4.69) is 26.9 Å². The lowest BCUT2D eigenvalue weighted by Crippen LogP contribution is -2.46. The predicted octanol–water partition coefficient (Wildman–Crippen LogP) is 4.71. The van der Waals surface area contributed by atoms with Crippen LogP contribution < -0.4 is 4.74 Å². The van der Waals surface area contributed by atoms with E-state index in [0.717, 1.165) is 27.8 Å². The van der Waals surface area contributed by atoms with Crippen LogP contribution in [0.4, 0.5) is 0 Å². The largest absolute Gasteiger partial charge is 0.469 e. The van der Waals surface area contributed by atoms with Crippen LogP contribution in [-0.4, -0.2) is 27.1 Å². The molecule has 0 atom stereocenters. The minimum absolute atomic E-state index is 0.202. The minimum Gasteiger partial charge on any atom is -0.469 e. The number of halogens is 1. The second kappa shape index (κ2) is 5.74. The molecule has 2 aromatic rings. The fourth-order valence-electron chi connectivity index (χ4n) is 2.50. The van der Waals surface area contributed by atoms with E-state index >= 15 is 0 Å². The van der Waals surface area contributed by atoms with E-state index in [-0.39, 0.29) is 5.60 Å². The van der Waals surface area contributed by atoms with Crippen molar-refractivity contribution in [2.45, 2.75) is 31.9 Å². The highest BCUT2D eigenvalue weighted by atomic mass is 35.5. The molecule has 0 unspecified atom stereocenters. The standard InChI is InChI=1S/C15H16ClN5OS/c1-14(2,20-21-17)11-6-19-13(22-15(3)7-23-8-15)10-5-18-12(16)4-9(10)11/h4-6H,7-8H2,1-3H3. The van der Waals surface area contributed by atoms with Gasteiger partial charge in [0.25, 0.3) is 0 Å². The van der Waals surface area contributed by atoms with Crippen molar-refractivity contribution >= 4 is 34.1 Å². The maximum absolute atomic E-state index is 8.81. The SMILES string of the molecule is CC1(Oc2ncc(C(C)(C)N=[N+]=[N-])c3cc(Cl)ncc23)CSC1. The van der Waals surface area contributed by atoms with E-state index < -0.39 is 5.54 Å². The quantitative estimate of drug-likeness (QED) is 0.346. The van der Waals surface area contributed by atoms with Gasteiger partial charge in [0.1, 0.15) is 10.8 Å². The van der Waals surface area contributed by atoms with Gasteiger partial charge in [0, 0.05) is 28.8 Å². The van der Waals surface area contributed by atoms with Gasteiger partial charge >= 0.3 is 0 Å². The molecule has 23 heavy (non-hydrogen) atoms. The summed E-state index contributed by atoms with van der Waals surface area (Å²) < 4.78 is 6.10. The van der Waals surface area contributed by atoms with E-state index in [4.69, 9.17) is 21.9 Å². The molecule has 0 amide bonds. The zero-order valence-electron chi connectivity index (χ0n) is 13.1. The molecule has 1 aliphatic rings. The predicted molar refractivity (Wildman–Crippen MR) is 93.1 cm³/mol. The van der Waals surface area contributed by atoms with Crippen molar-refractivity contribution in [3.63, 3.8) is 0 Å². The Morgan fingerprint density at radius 3 is 2.70 bits per heavy atom. The second-order valence-electron chi connectivity index (χ2n) is 6.32. The Hall–Kier alpha value is -1.69. The van der Waals surface area contributed by atoms with Gasteiger partial charge in [0.05, 0.1) is 10.9 Å². The number of thioether (sulfide) groups is 1. The van der Waals surface area contributed by atoms with E-state index in [1.165, 1.54) is 0 Å². The number of fused-ring (bicyclic) bond motifs is 1. The number of ether oxygens (including phenoxy) is 1. The van der Waals surface area contributed by atoms with Crippen LogP contribution >= 0.6 is 23.4 Å². The highest BCUT2D eigenvalue weighted by Crippen LogP contribution is 2.39. The zero-order chi connectivity index (χ0) is 16.7. The zero-order valence-corrected chi connectivity index (χ0v) is 14.6. The summed E-state index contributed by atoms with van der Waals surface area (Å²) in [6.07, 6.45) is 3.35. The first-order valence-corrected chi connectivity index (χ1v) is 8.66. The third kappa shape index (κ3) is 3.04. The van der Waals surface area contributed by atoms with Crippen molar-refractivity contribution < 1.29 is 4.74 Å². The van der Waals surface area contributed by atoms with E-state index in [9.17, 15) is 0 Å². The molecule has 2 aromatic heterocycles. The monoisotopic (exact) mass is 349 g/mol. The molecule has 1 saturated heterocycles. The van der Waals surface area contributed by atoms with Crippen LogP contribution in [0, 0.1) is 0 Å². The topological polar surface area (TPSA) is 83.8 Å². The molecule has 0 bridgehead atoms. The number of nitrogens with zero attached hydrogens (tertiary/aromatic N) is 5. The Morgan fingerprint density at radius 2 is 2.09 bits per heavy atom. The smallest absolute Gasteiger partial charge is 0.223 e. The minimum atomic E-state index is -0.751. The first-order valence-electron chi connectivity index (χ1n) is 7.12. The van der Waals surface area contributed by atoms with Crippen molar-refractivity contribution in [2.75, 3.05) is 11.5 Å². The molecular weight excluding hydrogens is 334 g/mol. The van der Waals surface area contributed by atoms with Crippen molar-refractivity contribution in [3.05, 3.63) is 39.6 Å². The van der Waals surface area contributed by atoms with E-state index in [1.807, 2.05) is 25.6 Å². The van der Waals surface area contributed by atoms with Crippen LogP contribution in [0.1, 0.15) is 26.3 Å². The molecule has 0 saturated carbocycles. The summed E-state index contributed by atoms with van der Waals surface area (Å²) in [6.45, 7) is 5.74. The van der Waals surface area contributed by atoms with Crippen LogP contribution in [0.3, 0.4) is 0 Å². The van der Waals surface area contributed by atoms with Gasteiger partial charge in [0.15, 0.2) is 0 Å². The lowest BCUT2D eigenvalue weighted by atomic mass is 9.93. The van der Waals surface area contributed by atoms with E-state index in [0.29, 0.717) is 11.0 Å². The number of hydrogen-bond donors (Lipinski definition) is 0. The van der Waals surface area contributed by atoms with Crippen molar-refractivity contribution in [1.29, 1.82) is 0 Å². The average molecular weight is 350 g/mol. The van der Waals surface area contributed by atoms with Gasteiger partial charge in [-0.1, -0.05) is 30.6 Å². The van der Waals surface area contributed by atoms with Gasteiger partial charge in [-0.05, 0) is 29.5 Å². The number of hydrogen-bond acceptors (Lipinski definition) is 5. The van der Waals surface area contributed by atoms with Gasteiger partial charge < -0.3 is 4.74 Å². The number of azide groups is 1. The molecular formula is C15H16ClN5OS. The van der Waals surface area contributed by atoms with Gasteiger partial charge in [0.2, 0.25) is 5.88 Å². The Balaban J connectivity index is 2.17. The van der Waals surface area contributed by atoms with Crippen LogP contribution in [0.15, 0.2) is 23.6 Å². The lowest BCUT2D eigenvalue weighted by Gasteiger charge is -2.37. The molecule has 1 fully saturated rings. The first kappa shape index (κ1) is 16.2. The number of pyridine rings is 2. The third-order valence-electron chi connectivity index (χ3n) is 3.81. The molecule has 6 nitrogen and oxygen atoms in total. The van der Waals surface area contributed by atoms with Crippen molar-refractivity contribution in [2.24, 2.45) is 5.11 Å². The highest BCUT2D eigenvalue weighted by molar-refractivity contribution is 8.00. The first-order chi connectivity index (χ1) is 10.8. The molecule has 3 heterocycles. The fourth-order valence-corrected chi connectivity index (χ4v) is 3.56. The van der Waals surface area contributed by atoms with Crippen LogP contribution in [0.25, 0.3) is 21.2 Å². The highest BCUT2D eigenvalue weighted by Gasteiger charge is 2.36. The molecule has 120 valence electrons. The summed E-state index contributed by atoms with van der Waals surface area (Å²) in [7, 11) is 0. The van der Waals surface area contributed by atoms with Crippen LogP contribution in [-0.2, 0) is 5.54 Å². The fraction of sp³-hybridized carbons (Fsp3) is 0.467. The Bertz CT molecular complexity index is 815. The molecule has 0 radical (unpaired) electrons. The van der Waals surface area contributed by atoms with Gasteiger partial charge in [-0.25, -0.2) is 9.97 Å². The summed E-state index contributed by atoms with van der Waals surface area (Å²) in [5, 5.41) is 5.85. The molecule has 0 N–H and O–H groups in total. The summed E-state index contributed by atoms with van der Waals surface area (Å²) in [5.41, 5.74) is 8.64. The van der Waals surface area contributed by atoms with Gasteiger partial charge in [-0.15, -0.1) is 0 Å². The lowest BCUT2D eigenvalue weighted by molar-refractivity contribution is 0.124. The van der Waals surface area contributed by atoms with Crippen LogP contribution in [0.2, 0.25) is 5.15 Å². The Labute approximate surface area is 143 Å². The molecule has 1 aliphatic heterocycles. The molecule has 0 aliphatic carbocycles. The third-order valence-corrected chi connectivity index (χ3v) is 5.65. The summed E-state index contributed by atoms with van der Waals surface area (Å²) in [6, 6.07) is 1.76. The summed E-state index contributed by atoms with van der Waals surface area (Å²) in [4.78, 5) is 11.5.